The molecule has 22 heavy (non-hydrogen) atoms. The zero-order valence-electron chi connectivity index (χ0n) is 12.3. The van der Waals surface area contributed by atoms with Gasteiger partial charge in [0.25, 0.3) is 5.91 Å². The van der Waals surface area contributed by atoms with E-state index in [1.54, 1.807) is 24.3 Å². The highest BCUT2D eigenvalue weighted by Crippen LogP contribution is 2.12. The summed E-state index contributed by atoms with van der Waals surface area (Å²) in [6, 6.07) is 14.2. The third kappa shape index (κ3) is 4.94. The number of phenolic OH excluding ortho intramolecular Hbond substituents is 1. The molecule has 0 aliphatic rings. The number of hydrogen-bond donors (Lipinski definition) is 2. The number of ether oxygens (including phenoxy) is 1. The van der Waals surface area contributed by atoms with Gasteiger partial charge in [-0.1, -0.05) is 31.2 Å². The van der Waals surface area contributed by atoms with Crippen molar-refractivity contribution in [2.45, 2.75) is 13.3 Å². The lowest BCUT2D eigenvalue weighted by Gasteiger charge is -2.05. The number of carbonyl (C=O) groups is 1. The molecule has 114 valence electrons. The number of hydrogen-bond acceptors (Lipinski definition) is 4. The number of aromatic hydroxyl groups is 1. The third-order valence-corrected chi connectivity index (χ3v) is 2.97. The number of nitrogens with zero attached hydrogens (tertiary/aromatic N) is 1. The molecular weight excluding hydrogens is 280 g/mol. The second kappa shape index (κ2) is 7.83. The molecule has 2 N–H and O–H groups in total. The first kappa shape index (κ1) is 15.6. The van der Waals surface area contributed by atoms with Crippen LogP contribution in [-0.4, -0.2) is 23.8 Å². The third-order valence-electron chi connectivity index (χ3n) is 2.97. The van der Waals surface area contributed by atoms with Gasteiger partial charge in [-0.2, -0.15) is 5.10 Å². The summed E-state index contributed by atoms with van der Waals surface area (Å²) in [6.07, 6.45) is 2.41. The van der Waals surface area contributed by atoms with Crippen molar-refractivity contribution in [2.24, 2.45) is 5.10 Å². The standard InChI is InChI=1S/C17H18N2O3/c1-2-13-6-8-16(9-7-13)22-12-17(21)19-18-11-14-4-3-5-15(20)10-14/h3-11,20H,2,12H2,1H3,(H,19,21). The van der Waals surface area contributed by atoms with E-state index in [2.05, 4.69) is 17.5 Å². The van der Waals surface area contributed by atoms with Crippen LogP contribution in [0.1, 0.15) is 18.1 Å². The van der Waals surface area contributed by atoms with Gasteiger partial charge < -0.3 is 9.84 Å². The molecular formula is C17H18N2O3. The maximum Gasteiger partial charge on any atom is 0.277 e. The highest BCUT2D eigenvalue weighted by atomic mass is 16.5. The fourth-order valence-corrected chi connectivity index (χ4v) is 1.79. The normalized spacial score (nSPS) is 10.6. The molecule has 2 rings (SSSR count). The number of phenols is 1. The second-order valence-corrected chi connectivity index (χ2v) is 4.67. The Hall–Kier alpha value is -2.82. The zero-order valence-corrected chi connectivity index (χ0v) is 12.3. The van der Waals surface area contributed by atoms with Crippen molar-refractivity contribution in [3.8, 4) is 11.5 Å². The van der Waals surface area contributed by atoms with E-state index in [-0.39, 0.29) is 18.3 Å². The average Bonchev–Trinajstić information content (AvgIpc) is 2.53. The summed E-state index contributed by atoms with van der Waals surface area (Å²) in [4.78, 5) is 11.6. The van der Waals surface area contributed by atoms with E-state index in [4.69, 9.17) is 4.74 Å². The molecule has 0 bridgehead atoms. The molecule has 2 aromatic rings. The summed E-state index contributed by atoms with van der Waals surface area (Å²) in [5.74, 6) is 0.439. The molecule has 0 spiro atoms. The number of rotatable bonds is 6. The summed E-state index contributed by atoms with van der Waals surface area (Å²) in [5, 5.41) is 13.1. The van der Waals surface area contributed by atoms with Crippen LogP contribution < -0.4 is 10.2 Å². The van der Waals surface area contributed by atoms with Crippen LogP contribution in [-0.2, 0) is 11.2 Å². The molecule has 2 aromatic carbocycles. The Morgan fingerprint density at radius 2 is 2.05 bits per heavy atom. The minimum absolute atomic E-state index is 0.108. The predicted octanol–water partition coefficient (Wildman–Crippen LogP) is 2.48. The summed E-state index contributed by atoms with van der Waals surface area (Å²) < 4.78 is 5.36. The van der Waals surface area contributed by atoms with E-state index in [1.165, 1.54) is 11.8 Å². The molecule has 0 unspecified atom stereocenters. The Bertz CT molecular complexity index is 651. The Morgan fingerprint density at radius 1 is 1.27 bits per heavy atom. The maximum atomic E-state index is 11.6. The van der Waals surface area contributed by atoms with E-state index < -0.39 is 0 Å². The molecule has 0 heterocycles. The van der Waals surface area contributed by atoms with E-state index in [9.17, 15) is 9.90 Å². The number of nitrogens with one attached hydrogen (secondary N) is 1. The summed E-state index contributed by atoms with van der Waals surface area (Å²) >= 11 is 0. The van der Waals surface area contributed by atoms with Crippen LogP contribution in [0.5, 0.6) is 11.5 Å². The number of hydrazone groups is 1. The predicted molar refractivity (Wildman–Crippen MR) is 85.2 cm³/mol. The molecule has 0 fully saturated rings. The quantitative estimate of drug-likeness (QED) is 0.636. The molecule has 5 nitrogen and oxygen atoms in total. The summed E-state index contributed by atoms with van der Waals surface area (Å²) in [5.41, 5.74) is 4.27. The fourth-order valence-electron chi connectivity index (χ4n) is 1.79. The van der Waals surface area contributed by atoms with E-state index in [1.807, 2.05) is 24.3 Å². The van der Waals surface area contributed by atoms with Crippen molar-refractivity contribution in [3.63, 3.8) is 0 Å². The van der Waals surface area contributed by atoms with Gasteiger partial charge >= 0.3 is 0 Å². The first-order chi connectivity index (χ1) is 10.7. The van der Waals surface area contributed by atoms with Gasteiger partial charge in [0.2, 0.25) is 0 Å². The van der Waals surface area contributed by atoms with Gasteiger partial charge in [-0.25, -0.2) is 5.43 Å². The molecule has 0 aliphatic carbocycles. The molecule has 5 heteroatoms. The van der Waals surface area contributed by atoms with Gasteiger partial charge in [-0.3, -0.25) is 4.79 Å². The first-order valence-electron chi connectivity index (χ1n) is 7.00. The Kier molecular flexibility index (Phi) is 5.54. The van der Waals surface area contributed by atoms with E-state index in [0.29, 0.717) is 11.3 Å². The minimum atomic E-state index is -0.351. The van der Waals surface area contributed by atoms with Crippen LogP contribution in [0.2, 0.25) is 0 Å². The summed E-state index contributed by atoms with van der Waals surface area (Å²) in [6.45, 7) is 1.97. The van der Waals surface area contributed by atoms with Gasteiger partial charge in [0.1, 0.15) is 11.5 Å². The van der Waals surface area contributed by atoms with Crippen molar-refractivity contribution in [3.05, 3.63) is 59.7 Å². The highest BCUT2D eigenvalue weighted by molar-refractivity contribution is 5.83. The molecule has 0 saturated carbocycles. The summed E-state index contributed by atoms with van der Waals surface area (Å²) in [7, 11) is 0. The lowest BCUT2D eigenvalue weighted by molar-refractivity contribution is -0.123. The monoisotopic (exact) mass is 298 g/mol. The largest absolute Gasteiger partial charge is 0.508 e. The molecule has 0 aromatic heterocycles. The van der Waals surface area contributed by atoms with Crippen LogP contribution >= 0.6 is 0 Å². The molecule has 0 aliphatic heterocycles. The average molecular weight is 298 g/mol. The smallest absolute Gasteiger partial charge is 0.277 e. The zero-order chi connectivity index (χ0) is 15.8. The molecule has 0 radical (unpaired) electrons. The fraction of sp³-hybridized carbons (Fsp3) is 0.176. The minimum Gasteiger partial charge on any atom is -0.508 e. The lowest BCUT2D eigenvalue weighted by atomic mass is 10.2. The maximum absolute atomic E-state index is 11.6. The number of amides is 1. The van der Waals surface area contributed by atoms with Crippen LogP contribution in [0.15, 0.2) is 53.6 Å². The Morgan fingerprint density at radius 3 is 2.73 bits per heavy atom. The van der Waals surface area contributed by atoms with Crippen LogP contribution in [0.25, 0.3) is 0 Å². The van der Waals surface area contributed by atoms with Crippen LogP contribution in [0, 0.1) is 0 Å². The topological polar surface area (TPSA) is 70.9 Å². The van der Waals surface area contributed by atoms with Gasteiger partial charge in [0.05, 0.1) is 6.21 Å². The van der Waals surface area contributed by atoms with Gasteiger partial charge in [-0.05, 0) is 41.8 Å². The number of benzene rings is 2. The van der Waals surface area contributed by atoms with Crippen molar-refractivity contribution in [1.82, 2.24) is 5.43 Å². The van der Waals surface area contributed by atoms with Crippen LogP contribution in [0.3, 0.4) is 0 Å². The van der Waals surface area contributed by atoms with Gasteiger partial charge in [0, 0.05) is 0 Å². The highest BCUT2D eigenvalue weighted by Gasteiger charge is 2.01. The lowest BCUT2D eigenvalue weighted by Crippen LogP contribution is -2.24. The molecule has 0 saturated heterocycles. The SMILES string of the molecule is CCc1ccc(OCC(=O)NN=Cc2cccc(O)c2)cc1. The molecule has 0 atom stereocenters. The molecule has 1 amide bonds. The first-order valence-corrected chi connectivity index (χ1v) is 7.00. The van der Waals surface area contributed by atoms with Crippen LogP contribution in [0.4, 0.5) is 0 Å². The van der Waals surface area contributed by atoms with Gasteiger partial charge in [-0.15, -0.1) is 0 Å². The Labute approximate surface area is 129 Å². The van der Waals surface area contributed by atoms with Crippen molar-refractivity contribution < 1.29 is 14.6 Å². The van der Waals surface area contributed by atoms with Crippen molar-refractivity contribution >= 4 is 12.1 Å². The van der Waals surface area contributed by atoms with E-state index >= 15 is 0 Å². The van der Waals surface area contributed by atoms with Gasteiger partial charge in [0.15, 0.2) is 6.61 Å². The van der Waals surface area contributed by atoms with Crippen molar-refractivity contribution in [2.75, 3.05) is 6.61 Å². The van der Waals surface area contributed by atoms with E-state index in [0.717, 1.165) is 6.42 Å². The Balaban J connectivity index is 1.77. The second-order valence-electron chi connectivity index (χ2n) is 4.67. The van der Waals surface area contributed by atoms with Crippen molar-refractivity contribution in [1.29, 1.82) is 0 Å². The number of carbonyl (C=O) groups excluding carboxylic acids is 1. The number of aryl methyl sites for hydroxylation is 1.